The average Bonchev–Trinajstić information content (AvgIpc) is 2.60. The van der Waals surface area contributed by atoms with Gasteiger partial charge >= 0.3 is 23.9 Å². The Balaban J connectivity index is 2.38. The van der Waals surface area contributed by atoms with Gasteiger partial charge in [0, 0.05) is 5.56 Å². The quantitative estimate of drug-likeness (QED) is 0.444. The first kappa shape index (κ1) is 20.8. The second-order valence-corrected chi connectivity index (χ2v) is 5.49. The molecule has 2 rings (SSSR count). The molecule has 0 radical (unpaired) electrons. The van der Waals surface area contributed by atoms with Crippen molar-refractivity contribution in [3.05, 3.63) is 60.2 Å². The Morgan fingerprint density at radius 2 is 1.04 bits per heavy atom. The number of halogens is 9. The van der Waals surface area contributed by atoms with Crippen LogP contribution in [-0.2, 0) is 0 Å². The molecule has 0 aromatic heterocycles. The molecule has 10 heteroatoms. The molecule has 0 unspecified atom stereocenters. The van der Waals surface area contributed by atoms with Crippen LogP contribution in [-0.4, -0.2) is 29.7 Å². The van der Waals surface area contributed by atoms with Gasteiger partial charge in [-0.05, 0) is 11.1 Å². The number of rotatable bonds is 5. The summed E-state index contributed by atoms with van der Waals surface area (Å²) in [6.07, 6.45) is -6.97. The van der Waals surface area contributed by atoms with Crippen molar-refractivity contribution >= 4 is 5.78 Å². The highest BCUT2D eigenvalue weighted by atomic mass is 19.4. The minimum Gasteiger partial charge on any atom is -0.287 e. The lowest BCUT2D eigenvalue weighted by Crippen LogP contribution is -2.63. The predicted octanol–water partition coefficient (Wildman–Crippen LogP) is 6.00. The molecule has 0 aliphatic rings. The monoisotopic (exact) mass is 400 g/mol. The van der Waals surface area contributed by atoms with Crippen LogP contribution < -0.4 is 0 Å². The van der Waals surface area contributed by atoms with Crippen LogP contribution in [0.2, 0.25) is 0 Å². The van der Waals surface area contributed by atoms with Gasteiger partial charge < -0.3 is 0 Å². The number of alkyl halides is 9. The van der Waals surface area contributed by atoms with Gasteiger partial charge in [0.25, 0.3) is 0 Å². The van der Waals surface area contributed by atoms with Gasteiger partial charge in [-0.3, -0.25) is 4.79 Å². The highest BCUT2D eigenvalue weighted by molar-refractivity contribution is 6.02. The summed E-state index contributed by atoms with van der Waals surface area (Å²) in [6.45, 7) is 0. The standard InChI is InChI=1S/C17H9F9O/c18-14(19,15(20,21)16(22,23)17(24,25)26)13(27)12-8-6-11(7-9-12)10-4-2-1-3-5-10/h1-9H. The van der Waals surface area contributed by atoms with E-state index in [1.807, 2.05) is 0 Å². The lowest BCUT2D eigenvalue weighted by atomic mass is 9.94. The summed E-state index contributed by atoms with van der Waals surface area (Å²) in [6, 6.07) is 11.5. The second kappa shape index (κ2) is 6.58. The first-order valence-electron chi connectivity index (χ1n) is 7.14. The summed E-state index contributed by atoms with van der Waals surface area (Å²) in [5, 5.41) is 0. The van der Waals surface area contributed by atoms with Crippen molar-refractivity contribution in [1.82, 2.24) is 0 Å². The van der Waals surface area contributed by atoms with Gasteiger partial charge in [0.15, 0.2) is 0 Å². The van der Waals surface area contributed by atoms with E-state index >= 15 is 0 Å². The maximum atomic E-state index is 13.7. The third kappa shape index (κ3) is 3.40. The van der Waals surface area contributed by atoms with E-state index in [0.29, 0.717) is 23.3 Å². The second-order valence-electron chi connectivity index (χ2n) is 5.49. The molecular weight excluding hydrogens is 391 g/mol. The van der Waals surface area contributed by atoms with Crippen molar-refractivity contribution in [1.29, 1.82) is 0 Å². The molecule has 27 heavy (non-hydrogen) atoms. The van der Waals surface area contributed by atoms with Gasteiger partial charge in [0.05, 0.1) is 0 Å². The summed E-state index contributed by atoms with van der Waals surface area (Å²) in [4.78, 5) is 11.6. The number of hydrogen-bond donors (Lipinski definition) is 0. The van der Waals surface area contributed by atoms with E-state index in [2.05, 4.69) is 0 Å². The minimum absolute atomic E-state index is 0.378. The van der Waals surface area contributed by atoms with E-state index in [-0.39, 0.29) is 0 Å². The van der Waals surface area contributed by atoms with E-state index in [9.17, 15) is 44.3 Å². The first-order chi connectivity index (χ1) is 12.2. The highest BCUT2D eigenvalue weighted by Gasteiger charge is 2.83. The molecule has 2 aromatic carbocycles. The zero-order valence-electron chi connectivity index (χ0n) is 13.0. The van der Waals surface area contributed by atoms with Crippen LogP contribution in [0.1, 0.15) is 10.4 Å². The molecule has 0 N–H and O–H groups in total. The lowest BCUT2D eigenvalue weighted by molar-refractivity contribution is -0.386. The molecule has 0 spiro atoms. The number of hydrogen-bond acceptors (Lipinski definition) is 1. The fraction of sp³-hybridized carbons (Fsp3) is 0.235. The normalized spacial score (nSPS) is 13.5. The van der Waals surface area contributed by atoms with Crippen molar-refractivity contribution in [2.45, 2.75) is 23.9 Å². The van der Waals surface area contributed by atoms with Gasteiger partial charge in [-0.25, -0.2) is 0 Å². The number of ketones is 1. The molecule has 1 nitrogen and oxygen atoms in total. The maximum absolute atomic E-state index is 13.7. The van der Waals surface area contributed by atoms with Gasteiger partial charge in [-0.15, -0.1) is 0 Å². The molecule has 0 aliphatic carbocycles. The van der Waals surface area contributed by atoms with Crippen LogP contribution in [0, 0.1) is 0 Å². The summed E-state index contributed by atoms with van der Waals surface area (Å²) in [5.41, 5.74) is -0.197. The molecular formula is C17H9F9O. The van der Waals surface area contributed by atoms with Crippen LogP contribution in [0.3, 0.4) is 0 Å². The summed E-state index contributed by atoms with van der Waals surface area (Å²) in [7, 11) is 0. The molecule has 0 amide bonds. The van der Waals surface area contributed by atoms with Crippen LogP contribution in [0.4, 0.5) is 39.5 Å². The van der Waals surface area contributed by atoms with Gasteiger partial charge in [0.2, 0.25) is 5.78 Å². The van der Waals surface area contributed by atoms with E-state index < -0.39 is 35.3 Å². The molecule has 2 aromatic rings. The summed E-state index contributed by atoms with van der Waals surface area (Å²) in [5.74, 6) is -23.2. The fourth-order valence-electron chi connectivity index (χ4n) is 2.14. The van der Waals surface area contributed by atoms with Crippen LogP contribution in [0.25, 0.3) is 11.1 Å². The van der Waals surface area contributed by atoms with E-state index in [1.54, 1.807) is 30.3 Å². The number of benzene rings is 2. The van der Waals surface area contributed by atoms with E-state index in [0.717, 1.165) is 12.1 Å². The Morgan fingerprint density at radius 1 is 0.593 bits per heavy atom. The summed E-state index contributed by atoms with van der Waals surface area (Å²) >= 11 is 0. The Bertz CT molecular complexity index is 809. The van der Waals surface area contributed by atoms with Crippen molar-refractivity contribution in [3.63, 3.8) is 0 Å². The Labute approximate surface area is 146 Å². The number of carbonyl (C=O) groups excluding carboxylic acids is 1. The van der Waals surface area contributed by atoms with Gasteiger partial charge in [-0.1, -0.05) is 54.6 Å². The third-order valence-electron chi connectivity index (χ3n) is 3.68. The number of carbonyl (C=O) groups is 1. The van der Waals surface area contributed by atoms with Crippen molar-refractivity contribution in [2.75, 3.05) is 0 Å². The summed E-state index contributed by atoms with van der Waals surface area (Å²) < 4.78 is 116. The molecule has 0 atom stereocenters. The van der Waals surface area contributed by atoms with Crippen molar-refractivity contribution in [3.8, 4) is 11.1 Å². The van der Waals surface area contributed by atoms with Gasteiger partial charge in [-0.2, -0.15) is 39.5 Å². The average molecular weight is 400 g/mol. The third-order valence-corrected chi connectivity index (χ3v) is 3.68. The largest absolute Gasteiger partial charge is 0.460 e. The Hall–Kier alpha value is -2.52. The molecule has 0 saturated heterocycles. The molecule has 0 heterocycles. The van der Waals surface area contributed by atoms with Crippen LogP contribution in [0.5, 0.6) is 0 Å². The highest BCUT2D eigenvalue weighted by Crippen LogP contribution is 2.53. The van der Waals surface area contributed by atoms with E-state index in [4.69, 9.17) is 0 Å². The molecule has 0 fully saturated rings. The first-order valence-corrected chi connectivity index (χ1v) is 7.14. The Kier molecular flexibility index (Phi) is 5.06. The van der Waals surface area contributed by atoms with Gasteiger partial charge in [0.1, 0.15) is 0 Å². The SMILES string of the molecule is O=C(c1ccc(-c2ccccc2)cc1)C(F)(F)C(F)(F)C(F)(F)C(F)(F)F. The smallest absolute Gasteiger partial charge is 0.287 e. The fourth-order valence-corrected chi connectivity index (χ4v) is 2.14. The molecule has 0 aliphatic heterocycles. The van der Waals surface area contributed by atoms with Crippen LogP contribution in [0.15, 0.2) is 54.6 Å². The lowest BCUT2D eigenvalue weighted by Gasteiger charge is -2.32. The molecule has 0 bridgehead atoms. The topological polar surface area (TPSA) is 17.1 Å². The maximum Gasteiger partial charge on any atom is 0.460 e. The predicted molar refractivity (Wildman–Crippen MR) is 77.1 cm³/mol. The van der Waals surface area contributed by atoms with Crippen molar-refractivity contribution in [2.24, 2.45) is 0 Å². The minimum atomic E-state index is -7.11. The molecule has 146 valence electrons. The number of Topliss-reactive ketones (excluding diaryl/α,β-unsaturated/α-hetero) is 1. The zero-order valence-corrected chi connectivity index (χ0v) is 13.0. The van der Waals surface area contributed by atoms with Crippen LogP contribution >= 0.6 is 0 Å². The van der Waals surface area contributed by atoms with Crippen molar-refractivity contribution < 1.29 is 44.3 Å². The zero-order chi connectivity index (χ0) is 20.7. The van der Waals surface area contributed by atoms with E-state index in [1.165, 1.54) is 0 Å². The molecule has 0 saturated carbocycles. The Morgan fingerprint density at radius 3 is 1.48 bits per heavy atom.